The Balaban J connectivity index is 1.23. The average molecular weight is 487 g/mol. The quantitative estimate of drug-likeness (QED) is 0.228. The first-order valence-electron chi connectivity index (χ1n) is 13.7. The summed E-state index contributed by atoms with van der Waals surface area (Å²) in [4.78, 5) is 12.8. The first-order valence-corrected chi connectivity index (χ1v) is 15.6. The monoisotopic (exact) mass is 486 g/mol. The molecule has 0 amide bonds. The highest BCUT2D eigenvalue weighted by molar-refractivity contribution is 6.99. The first-order chi connectivity index (χ1) is 16.8. The Morgan fingerprint density at radius 2 is 1.49 bits per heavy atom. The largest absolute Gasteiger partial charge is 0.407 e. The predicted octanol–water partition coefficient (Wildman–Crippen LogP) is 6.54. The van der Waals surface area contributed by atoms with Gasteiger partial charge in [0.2, 0.25) is 0 Å². The maximum absolute atomic E-state index is 12.8. The lowest BCUT2D eigenvalue weighted by molar-refractivity contribution is -0.121. The van der Waals surface area contributed by atoms with Gasteiger partial charge in [0.05, 0.1) is 0 Å². The topological polar surface area (TPSA) is 26.3 Å². The number of benzene rings is 2. The lowest BCUT2D eigenvalue weighted by atomic mass is 9.69. The molecule has 2 fully saturated rings. The highest BCUT2D eigenvalue weighted by Gasteiger charge is 2.59. The highest BCUT2D eigenvalue weighted by atomic mass is 28.4. The van der Waals surface area contributed by atoms with Gasteiger partial charge in [0.25, 0.3) is 8.32 Å². The first kappa shape index (κ1) is 24.7. The molecule has 2 nitrogen and oxygen atoms in total. The van der Waals surface area contributed by atoms with Crippen LogP contribution in [-0.2, 0) is 9.22 Å². The summed E-state index contributed by atoms with van der Waals surface area (Å²) >= 11 is 0. The van der Waals surface area contributed by atoms with Gasteiger partial charge in [-0.05, 0) is 57.8 Å². The Hall–Kier alpha value is -1.97. The zero-order valence-electron chi connectivity index (χ0n) is 22.0. The van der Waals surface area contributed by atoms with E-state index in [9.17, 15) is 4.79 Å². The molecule has 2 saturated carbocycles. The molecule has 0 heterocycles. The molecule has 0 N–H and O–H groups in total. The molecular formula is C32H42O2Si. The molecule has 3 aliphatic carbocycles. The van der Waals surface area contributed by atoms with Gasteiger partial charge in [-0.25, -0.2) is 0 Å². The molecule has 3 heteroatoms. The van der Waals surface area contributed by atoms with Crippen molar-refractivity contribution < 1.29 is 9.22 Å². The minimum absolute atomic E-state index is 0.0255. The second-order valence-corrected chi connectivity index (χ2v) is 16.9. The van der Waals surface area contributed by atoms with Gasteiger partial charge in [-0.15, -0.1) is 0 Å². The Bertz CT molecular complexity index is 1010. The normalized spacial score (nSPS) is 29.7. The van der Waals surface area contributed by atoms with Gasteiger partial charge in [0.1, 0.15) is 5.78 Å². The van der Waals surface area contributed by atoms with Gasteiger partial charge in [-0.1, -0.05) is 113 Å². The summed E-state index contributed by atoms with van der Waals surface area (Å²) in [6.07, 6.45) is 11.4. The molecule has 0 aromatic heterocycles. The van der Waals surface area contributed by atoms with Crippen LogP contribution in [0.25, 0.3) is 0 Å². The summed E-state index contributed by atoms with van der Waals surface area (Å²) < 4.78 is 7.07. The Kier molecular flexibility index (Phi) is 6.69. The summed E-state index contributed by atoms with van der Waals surface area (Å²) in [5, 5.41) is 2.73. The van der Waals surface area contributed by atoms with Crippen molar-refractivity contribution in [3.8, 4) is 0 Å². The molecule has 2 aromatic carbocycles. The van der Waals surface area contributed by atoms with E-state index in [0.717, 1.165) is 19.4 Å². The van der Waals surface area contributed by atoms with Crippen LogP contribution in [0.3, 0.4) is 0 Å². The summed E-state index contributed by atoms with van der Waals surface area (Å²) in [6.45, 7) is 10.2. The molecule has 2 bridgehead atoms. The summed E-state index contributed by atoms with van der Waals surface area (Å²) in [6, 6.07) is 21.9. The minimum Gasteiger partial charge on any atom is -0.407 e. The van der Waals surface area contributed by atoms with Crippen molar-refractivity contribution in [1.82, 2.24) is 0 Å². The molecule has 2 aromatic rings. The predicted molar refractivity (Wildman–Crippen MR) is 147 cm³/mol. The number of ketones is 1. The van der Waals surface area contributed by atoms with Crippen molar-refractivity contribution >= 4 is 24.5 Å². The molecule has 0 unspecified atom stereocenters. The van der Waals surface area contributed by atoms with Crippen LogP contribution in [0.1, 0.15) is 66.2 Å². The van der Waals surface area contributed by atoms with Crippen LogP contribution in [0, 0.1) is 29.1 Å². The fourth-order valence-corrected chi connectivity index (χ4v) is 12.5. The standard InChI is InChI=1S/C32H42O2Si/c1-31(2,3)35(26-14-8-5-9-15-26,27-16-10-6-11-17-27)34-21-13-7-12-20-32(4)23-28(33)29-24-18-19-25(22-24)30(29)32/h5-6,8-11,14-19,24-25,29-30H,7,12-13,20-23H2,1-4H3/t24-,25+,29+,30+,32-/m1/s1. The van der Waals surface area contributed by atoms with Crippen molar-refractivity contribution in [2.75, 3.05) is 6.61 Å². The average Bonchev–Trinajstić information content (AvgIpc) is 3.53. The third kappa shape index (κ3) is 4.29. The van der Waals surface area contributed by atoms with E-state index in [-0.39, 0.29) is 10.5 Å². The van der Waals surface area contributed by atoms with Crippen molar-refractivity contribution in [2.45, 2.75) is 71.3 Å². The number of rotatable bonds is 9. The van der Waals surface area contributed by atoms with E-state index >= 15 is 0 Å². The molecule has 186 valence electrons. The number of Topliss-reactive ketones (excluding diaryl/α,β-unsaturated/α-hetero) is 1. The van der Waals surface area contributed by atoms with Crippen molar-refractivity contribution in [2.24, 2.45) is 29.1 Å². The van der Waals surface area contributed by atoms with E-state index in [4.69, 9.17) is 4.43 Å². The smallest absolute Gasteiger partial charge is 0.261 e. The molecule has 0 saturated heterocycles. The third-order valence-electron chi connectivity index (χ3n) is 9.34. The molecule has 3 aliphatic rings. The van der Waals surface area contributed by atoms with Gasteiger partial charge in [-0.2, -0.15) is 0 Å². The zero-order valence-corrected chi connectivity index (χ0v) is 23.0. The number of allylic oxidation sites excluding steroid dienone is 2. The number of fused-ring (bicyclic) bond motifs is 5. The second kappa shape index (κ2) is 9.48. The lowest BCUT2D eigenvalue weighted by Crippen LogP contribution is -2.66. The number of hydrogen-bond donors (Lipinski definition) is 0. The SMILES string of the molecule is CC(C)(C)[Si](OCCCCC[C@]1(C)CC(=O)[C@H]2[C@@H]1[C@H]1C=C[C@@H]2C1)(c1ccccc1)c1ccccc1. The van der Waals surface area contributed by atoms with Gasteiger partial charge in [-0.3, -0.25) is 4.79 Å². The van der Waals surface area contributed by atoms with Crippen LogP contribution in [0.5, 0.6) is 0 Å². The summed E-state index contributed by atoms with van der Waals surface area (Å²) in [7, 11) is -2.44. The number of carbonyl (C=O) groups excluding carboxylic acids is 1. The third-order valence-corrected chi connectivity index (χ3v) is 14.4. The van der Waals surface area contributed by atoms with Gasteiger partial charge in [0.15, 0.2) is 0 Å². The molecule has 5 atom stereocenters. The van der Waals surface area contributed by atoms with Crippen LogP contribution in [0.2, 0.25) is 5.04 Å². The summed E-state index contributed by atoms with van der Waals surface area (Å²) in [5.41, 5.74) is 0.199. The van der Waals surface area contributed by atoms with Crippen LogP contribution in [-0.4, -0.2) is 20.7 Å². The molecule has 0 aliphatic heterocycles. The number of carbonyl (C=O) groups is 1. The zero-order chi connectivity index (χ0) is 24.7. The van der Waals surface area contributed by atoms with Crippen molar-refractivity contribution in [1.29, 1.82) is 0 Å². The second-order valence-electron chi connectivity index (χ2n) is 12.6. The maximum Gasteiger partial charge on any atom is 0.261 e. The van der Waals surface area contributed by atoms with Crippen LogP contribution in [0.4, 0.5) is 0 Å². The molecule has 0 radical (unpaired) electrons. The van der Waals surface area contributed by atoms with E-state index in [1.54, 1.807) is 0 Å². The fraction of sp³-hybridized carbons (Fsp3) is 0.531. The van der Waals surface area contributed by atoms with Gasteiger partial charge >= 0.3 is 0 Å². The Labute approximate surface area is 213 Å². The van der Waals surface area contributed by atoms with E-state index in [1.807, 2.05) is 0 Å². The number of hydrogen-bond acceptors (Lipinski definition) is 2. The van der Waals surface area contributed by atoms with E-state index in [1.165, 1.54) is 36.1 Å². The number of unbranched alkanes of at least 4 members (excludes halogenated alkanes) is 2. The van der Waals surface area contributed by atoms with Gasteiger partial charge in [0, 0.05) is 18.9 Å². The fourth-order valence-electron chi connectivity index (χ4n) is 7.89. The van der Waals surface area contributed by atoms with E-state index in [2.05, 4.69) is 101 Å². The molecule has 0 spiro atoms. The van der Waals surface area contributed by atoms with Crippen molar-refractivity contribution in [3.63, 3.8) is 0 Å². The molecule has 35 heavy (non-hydrogen) atoms. The van der Waals surface area contributed by atoms with Crippen LogP contribution < -0.4 is 10.4 Å². The Morgan fingerprint density at radius 3 is 2.09 bits per heavy atom. The summed E-state index contributed by atoms with van der Waals surface area (Å²) in [5.74, 6) is 2.66. The van der Waals surface area contributed by atoms with Crippen LogP contribution >= 0.6 is 0 Å². The van der Waals surface area contributed by atoms with Crippen LogP contribution in [0.15, 0.2) is 72.8 Å². The maximum atomic E-state index is 12.8. The van der Waals surface area contributed by atoms with Crippen molar-refractivity contribution in [3.05, 3.63) is 72.8 Å². The van der Waals surface area contributed by atoms with E-state index < -0.39 is 8.32 Å². The molecule has 5 rings (SSSR count). The highest BCUT2D eigenvalue weighted by Crippen LogP contribution is 2.62. The van der Waals surface area contributed by atoms with Gasteiger partial charge < -0.3 is 4.43 Å². The molecular weight excluding hydrogens is 444 g/mol. The Morgan fingerprint density at radius 1 is 0.886 bits per heavy atom. The van der Waals surface area contributed by atoms with E-state index in [0.29, 0.717) is 29.5 Å². The minimum atomic E-state index is -2.44. The lowest BCUT2D eigenvalue weighted by Gasteiger charge is -2.43.